The average molecular weight is 472 g/mol. The fraction of sp³-hybridized carbons (Fsp3) is 0. The Hall–Kier alpha value is 0.299. The van der Waals surface area contributed by atoms with E-state index in [-0.39, 0.29) is 0 Å². The zero-order chi connectivity index (χ0) is 11.4. The van der Waals surface area contributed by atoms with Crippen LogP contribution in [0.1, 0.15) is 0 Å². The van der Waals surface area contributed by atoms with Gasteiger partial charge in [-0.3, -0.25) is 0 Å². The van der Waals surface area contributed by atoms with E-state index in [1.165, 1.54) is 9.18 Å². The summed E-state index contributed by atoms with van der Waals surface area (Å²) in [6.45, 7) is 0. The van der Waals surface area contributed by atoms with Crippen molar-refractivity contribution in [2.75, 3.05) is 0 Å². The second kappa shape index (κ2) is 6.29. The van der Waals surface area contributed by atoms with Crippen LogP contribution in [0.25, 0.3) is 0 Å². The maximum absolute atomic E-state index is 4.37. The molecule has 0 saturated heterocycles. The summed E-state index contributed by atoms with van der Waals surface area (Å²) in [4.78, 5) is 8.74. The van der Waals surface area contributed by atoms with Gasteiger partial charge in [0, 0.05) is 0 Å². The van der Waals surface area contributed by atoms with Gasteiger partial charge >= 0.3 is 123 Å². The van der Waals surface area contributed by atoms with Gasteiger partial charge in [-0.05, 0) is 0 Å². The Balaban J connectivity index is 1.97. The summed E-state index contributed by atoms with van der Waals surface area (Å²) in [5, 5.41) is 0. The molecular weight excluding hydrogens is 466 g/mol. The van der Waals surface area contributed by atoms with Crippen LogP contribution in [0.2, 0.25) is 0 Å². The number of halogens is 2. The van der Waals surface area contributed by atoms with Crippen molar-refractivity contribution in [2.45, 2.75) is 0 Å². The van der Waals surface area contributed by atoms with E-state index in [4.69, 9.17) is 0 Å². The number of hydrogen-bond donors (Lipinski definition) is 0. The van der Waals surface area contributed by atoms with Crippen LogP contribution in [0.15, 0.2) is 45.6 Å². The molecule has 0 aliphatic heterocycles. The molecule has 0 radical (unpaired) electrons. The standard InChI is InChI=1S/C10H6Br2N2Se2/c11-7-1-3-9(13-5-7)15-16-10-4-2-8(12)6-14-10/h1-6H. The summed E-state index contributed by atoms with van der Waals surface area (Å²) in [6.07, 6.45) is 3.70. The first-order chi connectivity index (χ1) is 7.74. The minimum atomic E-state index is 0.411. The Labute approximate surface area is 122 Å². The molecule has 16 heavy (non-hydrogen) atoms. The zero-order valence-electron chi connectivity index (χ0n) is 7.93. The number of pyridine rings is 2. The van der Waals surface area contributed by atoms with Crippen molar-refractivity contribution in [2.24, 2.45) is 0 Å². The van der Waals surface area contributed by atoms with Crippen LogP contribution in [0, 0.1) is 0 Å². The normalized spacial score (nSPS) is 10.4. The molecule has 6 heteroatoms. The van der Waals surface area contributed by atoms with Crippen LogP contribution in [-0.4, -0.2) is 36.2 Å². The Morgan fingerprint density at radius 1 is 0.750 bits per heavy atom. The van der Waals surface area contributed by atoms with E-state index < -0.39 is 0 Å². The molecule has 0 aliphatic rings. The van der Waals surface area contributed by atoms with Crippen molar-refractivity contribution in [3.8, 4) is 0 Å². The zero-order valence-corrected chi connectivity index (χ0v) is 14.5. The predicted octanol–water partition coefficient (Wildman–Crippen LogP) is 1.28. The number of aromatic nitrogens is 2. The van der Waals surface area contributed by atoms with Gasteiger partial charge in [0.2, 0.25) is 0 Å². The average Bonchev–Trinajstić information content (AvgIpc) is 2.30. The Morgan fingerprint density at radius 2 is 1.19 bits per heavy atom. The minimum absolute atomic E-state index is 0.411. The first kappa shape index (κ1) is 12.7. The van der Waals surface area contributed by atoms with Crippen LogP contribution < -0.4 is 9.18 Å². The second-order valence-electron chi connectivity index (χ2n) is 2.80. The van der Waals surface area contributed by atoms with Crippen molar-refractivity contribution < 1.29 is 0 Å². The predicted molar refractivity (Wildman–Crippen MR) is 74.7 cm³/mol. The van der Waals surface area contributed by atoms with Gasteiger partial charge in [-0.2, -0.15) is 0 Å². The van der Waals surface area contributed by atoms with E-state index in [2.05, 4.69) is 54.0 Å². The number of nitrogens with zero attached hydrogens (tertiary/aromatic N) is 2. The third-order valence-electron chi connectivity index (χ3n) is 1.61. The van der Waals surface area contributed by atoms with Gasteiger partial charge in [-0.15, -0.1) is 0 Å². The Bertz CT molecular complexity index is 414. The molecule has 0 saturated carbocycles. The van der Waals surface area contributed by atoms with E-state index in [9.17, 15) is 0 Å². The van der Waals surface area contributed by atoms with Gasteiger partial charge in [0.15, 0.2) is 0 Å². The van der Waals surface area contributed by atoms with Crippen molar-refractivity contribution >= 4 is 67.3 Å². The quantitative estimate of drug-likeness (QED) is 0.630. The van der Waals surface area contributed by atoms with Gasteiger partial charge in [0.1, 0.15) is 0 Å². The van der Waals surface area contributed by atoms with Crippen molar-refractivity contribution in [3.05, 3.63) is 45.6 Å². The molecule has 0 aromatic carbocycles. The van der Waals surface area contributed by atoms with Gasteiger partial charge in [0.05, 0.1) is 0 Å². The van der Waals surface area contributed by atoms with E-state index in [0.717, 1.165) is 8.95 Å². The monoisotopic (exact) mass is 472 g/mol. The summed E-state index contributed by atoms with van der Waals surface area (Å²) >= 11 is 7.59. The molecule has 0 unspecified atom stereocenters. The molecule has 0 spiro atoms. The number of rotatable bonds is 3. The van der Waals surface area contributed by atoms with Gasteiger partial charge in [-0.25, -0.2) is 0 Å². The third kappa shape index (κ3) is 3.95. The molecule has 2 heterocycles. The van der Waals surface area contributed by atoms with Gasteiger partial charge < -0.3 is 0 Å². The molecule has 0 amide bonds. The van der Waals surface area contributed by atoms with Crippen LogP contribution in [-0.2, 0) is 0 Å². The van der Waals surface area contributed by atoms with Gasteiger partial charge in [-0.1, -0.05) is 0 Å². The molecule has 0 N–H and O–H groups in total. The number of hydrogen-bond acceptors (Lipinski definition) is 2. The first-order valence-electron chi connectivity index (χ1n) is 4.32. The van der Waals surface area contributed by atoms with E-state index in [1.807, 2.05) is 24.5 Å². The molecule has 0 atom stereocenters. The molecule has 0 bridgehead atoms. The summed E-state index contributed by atoms with van der Waals surface area (Å²) in [5.41, 5.74) is 0. The summed E-state index contributed by atoms with van der Waals surface area (Å²) in [6, 6.07) is 8.22. The molecule has 2 aromatic rings. The third-order valence-corrected chi connectivity index (χ3v) is 9.09. The fourth-order valence-corrected chi connectivity index (χ4v) is 6.67. The second-order valence-corrected chi connectivity index (χ2v) is 10.7. The molecule has 2 nitrogen and oxygen atoms in total. The van der Waals surface area contributed by atoms with Crippen molar-refractivity contribution in [1.29, 1.82) is 0 Å². The van der Waals surface area contributed by atoms with Crippen LogP contribution in [0.5, 0.6) is 0 Å². The van der Waals surface area contributed by atoms with Crippen molar-refractivity contribution in [3.63, 3.8) is 0 Å². The summed E-state index contributed by atoms with van der Waals surface area (Å²) < 4.78 is 4.42. The molecule has 82 valence electrons. The molecule has 0 fully saturated rings. The summed E-state index contributed by atoms with van der Waals surface area (Å²) in [7, 11) is 0. The van der Waals surface area contributed by atoms with E-state index >= 15 is 0 Å². The Morgan fingerprint density at radius 3 is 1.50 bits per heavy atom. The van der Waals surface area contributed by atoms with E-state index in [1.54, 1.807) is 0 Å². The van der Waals surface area contributed by atoms with Crippen LogP contribution in [0.3, 0.4) is 0 Å². The topological polar surface area (TPSA) is 25.8 Å². The first-order valence-corrected chi connectivity index (χ1v) is 11.9. The van der Waals surface area contributed by atoms with Crippen LogP contribution in [0.4, 0.5) is 0 Å². The van der Waals surface area contributed by atoms with Gasteiger partial charge in [0.25, 0.3) is 0 Å². The van der Waals surface area contributed by atoms with Crippen molar-refractivity contribution in [1.82, 2.24) is 9.97 Å². The fourth-order valence-electron chi connectivity index (χ4n) is 0.908. The van der Waals surface area contributed by atoms with E-state index in [0.29, 0.717) is 26.3 Å². The molecule has 2 aromatic heterocycles. The Kier molecular flexibility index (Phi) is 5.01. The maximum atomic E-state index is 4.37. The van der Waals surface area contributed by atoms with Crippen LogP contribution >= 0.6 is 31.9 Å². The molecule has 0 aliphatic carbocycles. The summed E-state index contributed by atoms with van der Waals surface area (Å²) in [5.74, 6) is 0. The molecular formula is C10H6Br2N2Se2. The SMILES string of the molecule is Brc1ccc([Se][Se]c2ccc(Br)cn2)nc1. The molecule has 2 rings (SSSR count).